The van der Waals surface area contributed by atoms with Crippen LogP contribution >= 0.6 is 0 Å². The van der Waals surface area contributed by atoms with Crippen molar-refractivity contribution in [3.8, 4) is 0 Å². The maximum Gasteiger partial charge on any atom is 0.408 e. The van der Waals surface area contributed by atoms with Gasteiger partial charge in [0.15, 0.2) is 11.8 Å². The number of carbonyl (C=O) groups is 12. The molecule has 0 saturated carbocycles. The van der Waals surface area contributed by atoms with E-state index in [-0.39, 0.29) is 51.4 Å². The van der Waals surface area contributed by atoms with Crippen LogP contribution < -0.4 is 47.9 Å². The summed E-state index contributed by atoms with van der Waals surface area (Å²) in [5.74, 6) is -12.4. The fourth-order valence-electron chi connectivity index (χ4n) is 12.7. The van der Waals surface area contributed by atoms with Gasteiger partial charge in [0, 0.05) is 18.8 Å². The minimum absolute atomic E-state index is 0.0843. The van der Waals surface area contributed by atoms with Crippen LogP contribution in [0.3, 0.4) is 0 Å². The van der Waals surface area contributed by atoms with Gasteiger partial charge in [0.1, 0.15) is 58.0 Å². The molecule has 0 aliphatic carbocycles. The van der Waals surface area contributed by atoms with Gasteiger partial charge in [-0.3, -0.25) is 47.9 Å². The maximum absolute atomic E-state index is 15.6. The summed E-state index contributed by atoms with van der Waals surface area (Å²) < 4.78 is 23.4. The molecule has 0 aromatic heterocycles. The molecule has 26 heteroatoms. The van der Waals surface area contributed by atoms with Gasteiger partial charge in [0.25, 0.3) is 0 Å². The Balaban J connectivity index is 1.87. The monoisotopic (exact) mass is 1510 g/mol. The van der Waals surface area contributed by atoms with Gasteiger partial charge in [-0.25, -0.2) is 9.59 Å². The normalized spacial score (nSPS) is 21.4. The van der Waals surface area contributed by atoms with Gasteiger partial charge in [-0.15, -0.1) is 0 Å². The fraction of sp³-hybridized carbons (Fsp3) is 0.610. The second kappa shape index (κ2) is 39.9. The summed E-state index contributed by atoms with van der Waals surface area (Å²) in [7, 11) is 0. The number of allylic oxidation sites excluding steroid dienone is 2. The van der Waals surface area contributed by atoms with Gasteiger partial charge in [-0.1, -0.05) is 137 Å². The molecule has 0 bridgehead atoms. The van der Waals surface area contributed by atoms with Crippen molar-refractivity contribution in [3.05, 3.63) is 120 Å². The summed E-state index contributed by atoms with van der Waals surface area (Å²) >= 11 is 0. The number of carboxylic acid groups (broad SMARTS) is 1. The molecule has 0 fully saturated rings. The number of nitrogens with one attached hydrogen (secondary N) is 9. The third-order valence-corrected chi connectivity index (χ3v) is 18.3. The zero-order valence-electron chi connectivity index (χ0n) is 67.4. The first kappa shape index (κ1) is 91.3. The van der Waals surface area contributed by atoms with Crippen molar-refractivity contribution in [1.29, 1.82) is 0 Å². The first-order chi connectivity index (χ1) is 50.0. The molecule has 26 nitrogen and oxygen atoms in total. The second-order valence-electron chi connectivity index (χ2n) is 33.1. The molecule has 1 heterocycles. The molecule has 1 aliphatic heterocycles. The Labute approximate surface area is 638 Å². The largest absolute Gasteiger partial charge is 0.480 e. The molecular weight excluding hydrogens is 1380 g/mol. The topological polar surface area (TPSA) is 370 Å². The van der Waals surface area contributed by atoms with Crippen molar-refractivity contribution in [2.45, 2.75) is 304 Å². The number of ketones is 1. The number of ether oxygens (including phenoxy) is 4. The van der Waals surface area contributed by atoms with E-state index in [0.29, 0.717) is 6.42 Å². The number of alkyl carbamates (subject to hydrolysis) is 1. The van der Waals surface area contributed by atoms with E-state index in [4.69, 9.17) is 18.9 Å². The van der Waals surface area contributed by atoms with Crippen molar-refractivity contribution < 1.29 is 81.6 Å². The maximum atomic E-state index is 15.6. The summed E-state index contributed by atoms with van der Waals surface area (Å²) in [6, 6.07) is 19.2. The minimum atomic E-state index is -1.91. The highest BCUT2D eigenvalue weighted by atomic mass is 16.6. The average molecular weight is 1510 g/mol. The number of benzene rings is 3. The molecule has 9 amide bonds. The Kier molecular flexibility index (Phi) is 33.7. The molecule has 0 spiro atoms. The summed E-state index contributed by atoms with van der Waals surface area (Å²) in [6.07, 6.45) is -0.242. The molecule has 3 aromatic rings. The van der Waals surface area contributed by atoms with E-state index in [1.165, 1.54) is 27.7 Å². The number of aliphatic carboxylic acids is 1. The lowest BCUT2D eigenvalue weighted by Gasteiger charge is -2.37. The predicted octanol–water partition coefficient (Wildman–Crippen LogP) is 9.37. The Morgan fingerprint density at radius 1 is 0.583 bits per heavy atom. The number of rotatable bonds is 27. The Hall–Kier alpha value is -9.04. The molecule has 0 unspecified atom stereocenters. The van der Waals surface area contributed by atoms with Crippen LogP contribution in [-0.2, 0) is 77.2 Å². The highest BCUT2D eigenvalue weighted by Crippen LogP contribution is 2.37. The average Bonchev–Trinajstić information content (AvgIpc) is 0.754. The van der Waals surface area contributed by atoms with E-state index in [9.17, 15) is 43.5 Å². The van der Waals surface area contributed by atoms with Crippen LogP contribution in [0.5, 0.6) is 0 Å². The Morgan fingerprint density at radius 3 is 1.54 bits per heavy atom. The highest BCUT2D eigenvalue weighted by Gasteiger charge is 2.45. The van der Waals surface area contributed by atoms with Crippen molar-refractivity contribution in [1.82, 2.24) is 47.9 Å². The molecule has 10 N–H and O–H groups in total. The third-order valence-electron chi connectivity index (χ3n) is 18.3. The summed E-state index contributed by atoms with van der Waals surface area (Å²) in [6.45, 7) is 34.3. The fourth-order valence-corrected chi connectivity index (χ4v) is 12.7. The van der Waals surface area contributed by atoms with Gasteiger partial charge >= 0.3 is 18.0 Å². The SMILES string of the molecule is CC[C@H](C)[C@@H]1NC(=O)[C@H](C)NC(=O)[C@@](C)(NC(=O)[C@H](CCC(=O)NC(c2ccccc2)(c2ccccc2)c2ccccc2)CC(=O)[C@H](NC(=O)OC(C)(C)C)[C@@H](C)OC(C)(C)C)CCC/C=C/CCC[C@@](C)(C(=O)N[C@H](C(=O)N[C@H](C(=O)O)[C@@H](C)OC(C)(C)C)C(C)C)NC(=O)[C@H](CC(=O)OC(C)(C)C)NC1=O. The molecule has 4 rings (SSSR count). The molecule has 0 radical (unpaired) electrons. The van der Waals surface area contributed by atoms with Crippen LogP contribution in [-0.4, -0.2) is 158 Å². The first-order valence-electron chi connectivity index (χ1n) is 37.7. The molecule has 598 valence electrons. The highest BCUT2D eigenvalue weighted by molar-refractivity contribution is 6.01. The second-order valence-corrected chi connectivity index (χ2v) is 33.1. The predicted molar refractivity (Wildman–Crippen MR) is 411 cm³/mol. The Bertz CT molecular complexity index is 3480. The van der Waals surface area contributed by atoms with Crippen LogP contribution in [0.1, 0.15) is 233 Å². The summed E-state index contributed by atoms with van der Waals surface area (Å²) in [4.78, 5) is 174. The van der Waals surface area contributed by atoms with Crippen LogP contribution in [0.25, 0.3) is 0 Å². The molecule has 108 heavy (non-hydrogen) atoms. The van der Waals surface area contributed by atoms with Crippen LogP contribution in [0.15, 0.2) is 103 Å². The summed E-state index contributed by atoms with van der Waals surface area (Å²) in [5.41, 5.74) is -6.56. The van der Waals surface area contributed by atoms with E-state index in [2.05, 4.69) is 47.9 Å². The molecule has 12 atom stereocenters. The lowest BCUT2D eigenvalue weighted by atomic mass is 9.76. The zero-order valence-corrected chi connectivity index (χ0v) is 67.4. The Morgan fingerprint density at radius 2 is 1.07 bits per heavy atom. The molecule has 1 aliphatic rings. The number of amides is 9. The van der Waals surface area contributed by atoms with E-state index in [1.54, 1.807) is 118 Å². The quantitative estimate of drug-likeness (QED) is 0.0193. The van der Waals surface area contributed by atoms with Gasteiger partial charge < -0.3 is 71.9 Å². The molecular formula is C82H123N9O17. The van der Waals surface area contributed by atoms with Crippen LogP contribution in [0.2, 0.25) is 0 Å². The van der Waals surface area contributed by atoms with Gasteiger partial charge in [0.05, 0.1) is 29.8 Å². The number of carbonyl (C=O) groups excluding carboxylic acids is 11. The molecule has 3 aromatic carbocycles. The number of carboxylic acids is 1. The number of esters is 1. The van der Waals surface area contributed by atoms with Crippen molar-refractivity contribution in [2.75, 3.05) is 0 Å². The van der Waals surface area contributed by atoms with E-state index < -0.39 is 189 Å². The van der Waals surface area contributed by atoms with E-state index in [0.717, 1.165) is 16.7 Å². The number of hydrogen-bond donors (Lipinski definition) is 10. The zero-order chi connectivity index (χ0) is 81.5. The standard InChI is InChI=1S/C82H123N9O17/c1-22-51(4)64-71(99)84-59(49-62(94)107-78(14,15)16)69(97)91-81(21,74(103)87-63(50(2)3)70(98)86-66(72(100)101)54(7)106-77(11,12)13)47-37-26-24-23-25-36-46-80(20,73(102)83-52(5)67(95)85-64)90-68(96)55(48-60(92)65(53(6)105-76(8,9)10)88-75(104)108-79(17,18)19)44-45-61(93)89-82(56-38-30-27-31-39-56,57-40-32-28-33-41-57)58-42-34-29-35-43-58/h23-24,27-35,38-43,50-55,59,63-66H,22,25-26,36-37,44-49H2,1-21H3,(H,83,102)(H,84,99)(H,85,95)(H,86,98)(H,87,103)(H,88,104)(H,89,93)(H,90,96)(H,91,97)(H,100,101)/b24-23+/t51-,52-,53+,54+,55+,59-,63-,64-,65+,66-,80-,81-/m0/s1. The van der Waals surface area contributed by atoms with Crippen LogP contribution in [0, 0.1) is 17.8 Å². The lowest BCUT2D eigenvalue weighted by molar-refractivity contribution is -0.157. The van der Waals surface area contributed by atoms with Gasteiger partial charge in [-0.05, 0) is 191 Å². The summed E-state index contributed by atoms with van der Waals surface area (Å²) in [5, 5.41) is 35.3. The van der Waals surface area contributed by atoms with Crippen molar-refractivity contribution >= 4 is 71.1 Å². The van der Waals surface area contributed by atoms with E-state index in [1.807, 2.05) is 103 Å². The van der Waals surface area contributed by atoms with Crippen molar-refractivity contribution in [2.24, 2.45) is 17.8 Å². The minimum Gasteiger partial charge on any atom is -0.480 e. The smallest absolute Gasteiger partial charge is 0.408 e. The number of hydrogen-bond acceptors (Lipinski definition) is 16. The molecule has 0 saturated heterocycles. The van der Waals surface area contributed by atoms with Crippen LogP contribution in [0.4, 0.5) is 4.79 Å². The van der Waals surface area contributed by atoms with E-state index >= 15 is 19.2 Å². The van der Waals surface area contributed by atoms with Gasteiger partial charge in [-0.2, -0.15) is 0 Å². The van der Waals surface area contributed by atoms with Gasteiger partial charge in [0.2, 0.25) is 47.3 Å². The third kappa shape index (κ3) is 28.8. The number of Topliss-reactive ketones (excluding diaryl/α,β-unsaturated/α-hetero) is 1. The first-order valence-corrected chi connectivity index (χ1v) is 37.7. The van der Waals surface area contributed by atoms with Crippen molar-refractivity contribution in [3.63, 3.8) is 0 Å². The lowest BCUT2D eigenvalue weighted by Crippen LogP contribution is -2.65.